The van der Waals surface area contributed by atoms with Gasteiger partial charge >= 0.3 is 0 Å². The predicted octanol–water partition coefficient (Wildman–Crippen LogP) is 0.112. The van der Waals surface area contributed by atoms with Crippen molar-refractivity contribution in [1.29, 1.82) is 0 Å². The third-order valence-corrected chi connectivity index (χ3v) is 4.98. The number of nitrogens with zero attached hydrogens (tertiary/aromatic N) is 2. The minimum atomic E-state index is -3.22. The lowest BCUT2D eigenvalue weighted by atomic mass is 10.1. The van der Waals surface area contributed by atoms with Crippen molar-refractivity contribution < 1.29 is 22.7 Å². The first kappa shape index (κ1) is 17.4. The third-order valence-electron chi connectivity index (χ3n) is 3.72. The average molecular weight is 332 g/mol. The molecule has 22 heavy (non-hydrogen) atoms. The summed E-state index contributed by atoms with van der Waals surface area (Å²) in [4.78, 5) is 2.18. The van der Waals surface area contributed by atoms with Crippen LogP contribution in [0.3, 0.4) is 0 Å². The molecule has 126 valence electrons. The second-order valence-electron chi connectivity index (χ2n) is 5.75. The highest BCUT2D eigenvalue weighted by atomic mass is 32.2. The number of hydrogen-bond acceptors (Lipinski definition) is 6. The summed E-state index contributed by atoms with van der Waals surface area (Å²) in [5.74, 6) is 1.52. The van der Waals surface area contributed by atoms with E-state index in [2.05, 4.69) is 4.90 Å². The van der Waals surface area contributed by atoms with Crippen molar-refractivity contribution in [1.82, 2.24) is 9.21 Å². The molecule has 7 nitrogen and oxygen atoms in total. The normalized spacial score (nSPS) is 21.2. The second kappa shape index (κ2) is 7.56. The number of aliphatic hydroxyl groups is 1. The molecule has 1 aromatic rings. The second-order valence-corrected chi connectivity index (χ2v) is 7.84. The Bertz CT molecular complexity index is 572. The van der Waals surface area contributed by atoms with Crippen LogP contribution in [0.4, 0.5) is 0 Å². The summed E-state index contributed by atoms with van der Waals surface area (Å²) in [6.07, 6.45) is 1.17. The molecule has 0 radical (unpaired) electrons. The van der Waals surface area contributed by atoms with E-state index in [1.165, 1.54) is 17.6 Å². The molecule has 1 aromatic heterocycles. The van der Waals surface area contributed by atoms with Crippen molar-refractivity contribution in [3.8, 4) is 0 Å². The van der Waals surface area contributed by atoms with Crippen molar-refractivity contribution in [2.75, 3.05) is 46.2 Å². The van der Waals surface area contributed by atoms with Gasteiger partial charge in [0.15, 0.2) is 0 Å². The van der Waals surface area contributed by atoms with Gasteiger partial charge in [0.1, 0.15) is 11.5 Å². The largest absolute Gasteiger partial charge is 0.463 e. The van der Waals surface area contributed by atoms with Crippen LogP contribution in [-0.2, 0) is 27.8 Å². The van der Waals surface area contributed by atoms with Gasteiger partial charge in [-0.2, -0.15) is 4.31 Å². The Morgan fingerprint density at radius 1 is 1.41 bits per heavy atom. The molecule has 0 spiro atoms. The summed E-state index contributed by atoms with van der Waals surface area (Å²) in [6.45, 7) is 3.73. The smallest absolute Gasteiger partial charge is 0.211 e. The van der Waals surface area contributed by atoms with Crippen molar-refractivity contribution in [3.05, 3.63) is 23.7 Å². The number of rotatable bonds is 6. The lowest BCUT2D eigenvalue weighted by molar-refractivity contribution is 0.0957. The lowest BCUT2D eigenvalue weighted by Crippen LogP contribution is -2.30. The van der Waals surface area contributed by atoms with Gasteiger partial charge < -0.3 is 14.3 Å². The minimum Gasteiger partial charge on any atom is -0.463 e. The summed E-state index contributed by atoms with van der Waals surface area (Å²) < 4.78 is 35.2. The standard InChI is InChI=1S/C14H24N2O5S/c1-15(22(2,18)19)8-13-3-4-14(21-13)9-16-5-6-20-11-12(7-16)10-17/h3-4,12,17H,5-11H2,1-2H3. The van der Waals surface area contributed by atoms with Crippen molar-refractivity contribution in [2.24, 2.45) is 5.92 Å². The van der Waals surface area contributed by atoms with E-state index in [9.17, 15) is 13.5 Å². The van der Waals surface area contributed by atoms with E-state index in [4.69, 9.17) is 9.15 Å². The number of hydrogen-bond donors (Lipinski definition) is 1. The molecule has 0 amide bonds. The molecule has 0 bridgehead atoms. The number of furan rings is 1. The molecule has 1 fully saturated rings. The van der Waals surface area contributed by atoms with Crippen LogP contribution < -0.4 is 0 Å². The Morgan fingerprint density at radius 3 is 2.82 bits per heavy atom. The maximum Gasteiger partial charge on any atom is 0.211 e. The molecule has 1 N–H and O–H groups in total. The molecule has 0 aromatic carbocycles. The van der Waals surface area contributed by atoms with Gasteiger partial charge in [-0.1, -0.05) is 0 Å². The SMILES string of the molecule is CN(Cc1ccc(CN2CCOCC(CO)C2)o1)S(C)(=O)=O. The molecular formula is C14H24N2O5S. The molecule has 1 atom stereocenters. The third kappa shape index (κ3) is 5.06. The van der Waals surface area contributed by atoms with Gasteiger partial charge in [0.2, 0.25) is 10.0 Å². The van der Waals surface area contributed by atoms with Gasteiger partial charge in [0.25, 0.3) is 0 Å². The van der Waals surface area contributed by atoms with E-state index in [1.54, 1.807) is 6.07 Å². The molecule has 0 aliphatic carbocycles. The molecule has 2 rings (SSSR count). The van der Waals surface area contributed by atoms with Gasteiger partial charge in [0, 0.05) is 32.7 Å². The fourth-order valence-corrected chi connectivity index (χ4v) is 2.72. The van der Waals surface area contributed by atoms with Crippen molar-refractivity contribution >= 4 is 10.0 Å². The average Bonchev–Trinajstić information content (AvgIpc) is 2.74. The maximum atomic E-state index is 11.4. The topological polar surface area (TPSA) is 83.2 Å². The maximum absolute atomic E-state index is 11.4. The lowest BCUT2D eigenvalue weighted by Gasteiger charge is -2.21. The molecule has 0 saturated carbocycles. The quantitative estimate of drug-likeness (QED) is 0.796. The molecule has 1 unspecified atom stereocenters. The fraction of sp³-hybridized carbons (Fsp3) is 0.714. The molecule has 1 aliphatic heterocycles. The van der Waals surface area contributed by atoms with Gasteiger partial charge in [0.05, 0.1) is 32.6 Å². The highest BCUT2D eigenvalue weighted by Gasteiger charge is 2.19. The van der Waals surface area contributed by atoms with E-state index >= 15 is 0 Å². The Labute approximate surface area is 131 Å². The highest BCUT2D eigenvalue weighted by Crippen LogP contribution is 2.15. The van der Waals surface area contributed by atoms with Crippen LogP contribution >= 0.6 is 0 Å². The summed E-state index contributed by atoms with van der Waals surface area (Å²) in [7, 11) is -1.69. The van der Waals surface area contributed by atoms with Crippen molar-refractivity contribution in [2.45, 2.75) is 13.1 Å². The summed E-state index contributed by atoms with van der Waals surface area (Å²) >= 11 is 0. The zero-order valence-electron chi connectivity index (χ0n) is 13.1. The Morgan fingerprint density at radius 2 is 2.14 bits per heavy atom. The first-order valence-corrected chi connectivity index (χ1v) is 9.13. The van der Waals surface area contributed by atoms with Gasteiger partial charge in [-0.25, -0.2) is 8.42 Å². The monoisotopic (exact) mass is 332 g/mol. The number of sulfonamides is 1. The zero-order chi connectivity index (χ0) is 16.2. The predicted molar refractivity (Wildman–Crippen MR) is 81.7 cm³/mol. The first-order chi connectivity index (χ1) is 10.4. The van der Waals surface area contributed by atoms with Crippen LogP contribution in [0.25, 0.3) is 0 Å². The molecular weight excluding hydrogens is 308 g/mol. The first-order valence-electron chi connectivity index (χ1n) is 7.28. The van der Waals surface area contributed by atoms with Crippen LogP contribution in [0, 0.1) is 5.92 Å². The van der Waals surface area contributed by atoms with E-state index in [-0.39, 0.29) is 19.1 Å². The molecule has 1 saturated heterocycles. The Kier molecular flexibility index (Phi) is 5.99. The Balaban J connectivity index is 1.93. The van der Waals surface area contributed by atoms with E-state index in [0.717, 1.165) is 18.8 Å². The summed E-state index contributed by atoms with van der Waals surface area (Å²) in [5.41, 5.74) is 0. The van der Waals surface area contributed by atoms with Gasteiger partial charge in [-0.3, -0.25) is 4.90 Å². The van der Waals surface area contributed by atoms with Gasteiger partial charge in [-0.15, -0.1) is 0 Å². The highest BCUT2D eigenvalue weighted by molar-refractivity contribution is 7.88. The van der Waals surface area contributed by atoms with Crippen LogP contribution in [0.15, 0.2) is 16.5 Å². The minimum absolute atomic E-state index is 0.110. The molecule has 8 heteroatoms. The zero-order valence-corrected chi connectivity index (χ0v) is 13.9. The Hall–Kier alpha value is -0.930. The molecule has 2 heterocycles. The molecule has 1 aliphatic rings. The number of ether oxygens (including phenoxy) is 1. The van der Waals surface area contributed by atoms with Crippen LogP contribution in [-0.4, -0.2) is 68.9 Å². The van der Waals surface area contributed by atoms with E-state index in [1.807, 2.05) is 6.07 Å². The summed E-state index contributed by atoms with van der Waals surface area (Å²) in [5, 5.41) is 9.29. The number of aliphatic hydroxyl groups excluding tert-OH is 1. The fourth-order valence-electron chi connectivity index (χ4n) is 2.36. The van der Waals surface area contributed by atoms with Crippen molar-refractivity contribution in [3.63, 3.8) is 0 Å². The van der Waals surface area contributed by atoms with Crippen LogP contribution in [0.1, 0.15) is 11.5 Å². The van der Waals surface area contributed by atoms with Crippen LogP contribution in [0.5, 0.6) is 0 Å². The summed E-state index contributed by atoms with van der Waals surface area (Å²) in [6, 6.07) is 3.67. The van der Waals surface area contributed by atoms with Crippen LogP contribution in [0.2, 0.25) is 0 Å². The van der Waals surface area contributed by atoms with E-state index in [0.29, 0.717) is 25.5 Å². The van der Waals surface area contributed by atoms with Gasteiger partial charge in [-0.05, 0) is 12.1 Å². The van der Waals surface area contributed by atoms with E-state index < -0.39 is 10.0 Å².